The van der Waals surface area contributed by atoms with Gasteiger partial charge in [-0.2, -0.15) is 4.98 Å². The van der Waals surface area contributed by atoms with Gasteiger partial charge >= 0.3 is 0 Å². The summed E-state index contributed by atoms with van der Waals surface area (Å²) < 4.78 is 13.2. The van der Waals surface area contributed by atoms with E-state index in [0.717, 1.165) is 29.1 Å². The second kappa shape index (κ2) is 7.45. The predicted octanol–water partition coefficient (Wildman–Crippen LogP) is 4.37. The summed E-state index contributed by atoms with van der Waals surface area (Å²) in [4.78, 5) is 8.83. The van der Waals surface area contributed by atoms with Crippen LogP contribution in [0, 0.1) is 6.92 Å². The first-order valence-electron chi connectivity index (χ1n) is 8.88. The number of imidazole rings is 1. The van der Waals surface area contributed by atoms with Crippen LogP contribution in [0.25, 0.3) is 17.3 Å². The third-order valence-electron chi connectivity index (χ3n) is 4.34. The number of aromatic nitrogens is 4. The van der Waals surface area contributed by atoms with Gasteiger partial charge in [0.15, 0.2) is 5.82 Å². The number of nitrogens with zero attached hydrogens (tertiary/aromatic N) is 4. The van der Waals surface area contributed by atoms with Gasteiger partial charge in [-0.1, -0.05) is 48.5 Å². The van der Waals surface area contributed by atoms with Crippen molar-refractivity contribution < 1.29 is 9.26 Å². The molecule has 0 aliphatic rings. The molecule has 0 unspecified atom stereocenters. The van der Waals surface area contributed by atoms with E-state index in [2.05, 4.69) is 15.1 Å². The van der Waals surface area contributed by atoms with Crippen LogP contribution in [-0.2, 0) is 13.0 Å². The third-order valence-corrected chi connectivity index (χ3v) is 4.34. The fourth-order valence-electron chi connectivity index (χ4n) is 2.84. The molecule has 4 rings (SSSR count). The van der Waals surface area contributed by atoms with Gasteiger partial charge in [0.25, 0.3) is 5.89 Å². The molecule has 0 radical (unpaired) electrons. The Labute approximate surface area is 157 Å². The number of rotatable bonds is 6. The SMILES string of the molecule is CCc1noc(-c2ncn(-c3cccc(OCc4ccccc4)c3)c2C)n1. The summed E-state index contributed by atoms with van der Waals surface area (Å²) in [6, 6.07) is 18.0. The van der Waals surface area contributed by atoms with E-state index >= 15 is 0 Å². The van der Waals surface area contributed by atoms with Crippen molar-refractivity contribution in [2.45, 2.75) is 26.9 Å². The Bertz CT molecular complexity index is 1040. The highest BCUT2D eigenvalue weighted by Gasteiger charge is 2.16. The van der Waals surface area contributed by atoms with E-state index in [1.54, 1.807) is 6.33 Å². The van der Waals surface area contributed by atoms with Crippen LogP contribution in [0.1, 0.15) is 24.0 Å². The summed E-state index contributed by atoms with van der Waals surface area (Å²) in [5.74, 6) is 1.92. The molecule has 136 valence electrons. The smallest absolute Gasteiger partial charge is 0.278 e. The molecule has 4 aromatic rings. The van der Waals surface area contributed by atoms with Crippen molar-refractivity contribution in [2.75, 3.05) is 0 Å². The van der Waals surface area contributed by atoms with Gasteiger partial charge in [-0.05, 0) is 24.6 Å². The Kier molecular flexibility index (Phi) is 4.70. The van der Waals surface area contributed by atoms with Gasteiger partial charge < -0.3 is 13.8 Å². The van der Waals surface area contributed by atoms with E-state index in [4.69, 9.17) is 9.26 Å². The number of hydrogen-bond acceptors (Lipinski definition) is 5. The Hall–Kier alpha value is -3.41. The third kappa shape index (κ3) is 3.60. The predicted molar refractivity (Wildman–Crippen MR) is 102 cm³/mol. The highest BCUT2D eigenvalue weighted by Crippen LogP contribution is 2.25. The van der Waals surface area contributed by atoms with E-state index in [1.807, 2.05) is 73.0 Å². The zero-order valence-corrected chi connectivity index (χ0v) is 15.3. The molecule has 0 N–H and O–H groups in total. The summed E-state index contributed by atoms with van der Waals surface area (Å²) in [7, 11) is 0. The first kappa shape index (κ1) is 17.0. The fraction of sp³-hybridized carbons (Fsp3) is 0.190. The Morgan fingerprint density at radius 1 is 1.07 bits per heavy atom. The molecule has 0 bridgehead atoms. The van der Waals surface area contributed by atoms with Crippen molar-refractivity contribution in [1.29, 1.82) is 0 Å². The molecule has 6 heteroatoms. The van der Waals surface area contributed by atoms with Crippen molar-refractivity contribution in [3.63, 3.8) is 0 Å². The standard InChI is InChI=1S/C21H20N4O2/c1-3-19-23-21(27-24-19)20-15(2)25(14-22-20)17-10-7-11-18(12-17)26-13-16-8-5-4-6-9-16/h4-12,14H,3,13H2,1-2H3. The lowest BCUT2D eigenvalue weighted by Crippen LogP contribution is -1.98. The second-order valence-electron chi connectivity index (χ2n) is 6.19. The first-order valence-corrected chi connectivity index (χ1v) is 8.88. The van der Waals surface area contributed by atoms with Crippen molar-refractivity contribution in [3.05, 3.63) is 78.0 Å². The van der Waals surface area contributed by atoms with Crippen LogP contribution in [0.5, 0.6) is 5.75 Å². The molecule has 2 heterocycles. The Morgan fingerprint density at radius 3 is 2.70 bits per heavy atom. The quantitative estimate of drug-likeness (QED) is 0.511. The molecule has 0 spiro atoms. The molecular formula is C21H20N4O2. The zero-order chi connectivity index (χ0) is 18.6. The fourth-order valence-corrected chi connectivity index (χ4v) is 2.84. The molecule has 27 heavy (non-hydrogen) atoms. The highest BCUT2D eigenvalue weighted by atomic mass is 16.5. The summed E-state index contributed by atoms with van der Waals surface area (Å²) >= 11 is 0. The minimum Gasteiger partial charge on any atom is -0.489 e. The Morgan fingerprint density at radius 2 is 1.93 bits per heavy atom. The highest BCUT2D eigenvalue weighted by molar-refractivity contribution is 5.53. The number of ether oxygens (including phenoxy) is 1. The number of hydrogen-bond donors (Lipinski definition) is 0. The molecule has 0 saturated carbocycles. The van der Waals surface area contributed by atoms with E-state index < -0.39 is 0 Å². The van der Waals surface area contributed by atoms with Gasteiger partial charge in [0.2, 0.25) is 0 Å². The van der Waals surface area contributed by atoms with Crippen LogP contribution in [0.4, 0.5) is 0 Å². The van der Waals surface area contributed by atoms with Crippen molar-refractivity contribution in [2.24, 2.45) is 0 Å². The van der Waals surface area contributed by atoms with Crippen molar-refractivity contribution in [1.82, 2.24) is 19.7 Å². The minimum atomic E-state index is 0.444. The first-order chi connectivity index (χ1) is 13.2. The molecule has 2 aromatic heterocycles. The maximum atomic E-state index is 5.93. The number of benzene rings is 2. The van der Waals surface area contributed by atoms with Crippen LogP contribution >= 0.6 is 0 Å². The largest absolute Gasteiger partial charge is 0.489 e. The lowest BCUT2D eigenvalue weighted by atomic mass is 10.2. The van der Waals surface area contributed by atoms with Crippen LogP contribution in [0.3, 0.4) is 0 Å². The van der Waals surface area contributed by atoms with Crippen LogP contribution in [0.15, 0.2) is 65.4 Å². The summed E-state index contributed by atoms with van der Waals surface area (Å²) in [5, 5.41) is 3.95. The van der Waals surface area contributed by atoms with Crippen LogP contribution < -0.4 is 4.74 Å². The lowest BCUT2D eigenvalue weighted by molar-refractivity contribution is 0.306. The normalized spacial score (nSPS) is 10.9. The van der Waals surface area contributed by atoms with E-state index in [-0.39, 0.29) is 0 Å². The summed E-state index contributed by atoms with van der Waals surface area (Å²) in [6.45, 7) is 4.50. The zero-order valence-electron chi connectivity index (χ0n) is 15.3. The molecule has 0 saturated heterocycles. The average molecular weight is 360 g/mol. The maximum Gasteiger partial charge on any atom is 0.278 e. The molecule has 0 atom stereocenters. The molecule has 0 fully saturated rings. The lowest BCUT2D eigenvalue weighted by Gasteiger charge is -2.10. The topological polar surface area (TPSA) is 66.0 Å². The van der Waals surface area contributed by atoms with E-state index in [0.29, 0.717) is 24.0 Å². The molecule has 0 aliphatic carbocycles. The van der Waals surface area contributed by atoms with Crippen LogP contribution in [0.2, 0.25) is 0 Å². The average Bonchev–Trinajstić information content (AvgIpc) is 3.33. The van der Waals surface area contributed by atoms with Gasteiger partial charge in [0.05, 0.1) is 11.4 Å². The minimum absolute atomic E-state index is 0.444. The summed E-state index contributed by atoms with van der Waals surface area (Å²) in [5.41, 5.74) is 3.72. The van der Waals surface area contributed by atoms with Gasteiger partial charge in [0.1, 0.15) is 24.4 Å². The molecule has 0 aliphatic heterocycles. The van der Waals surface area contributed by atoms with Crippen molar-refractivity contribution >= 4 is 0 Å². The molecule has 0 amide bonds. The number of aryl methyl sites for hydroxylation is 1. The second-order valence-corrected chi connectivity index (χ2v) is 6.19. The monoisotopic (exact) mass is 360 g/mol. The van der Waals surface area contributed by atoms with Gasteiger partial charge in [-0.15, -0.1) is 0 Å². The van der Waals surface area contributed by atoms with Gasteiger partial charge in [-0.25, -0.2) is 4.98 Å². The Balaban J connectivity index is 1.57. The maximum absolute atomic E-state index is 5.93. The van der Waals surface area contributed by atoms with Gasteiger partial charge in [0, 0.05) is 12.5 Å². The van der Waals surface area contributed by atoms with Crippen LogP contribution in [-0.4, -0.2) is 19.7 Å². The molecule has 6 nitrogen and oxygen atoms in total. The van der Waals surface area contributed by atoms with E-state index in [9.17, 15) is 0 Å². The van der Waals surface area contributed by atoms with Crippen molar-refractivity contribution in [3.8, 4) is 23.0 Å². The van der Waals surface area contributed by atoms with E-state index in [1.165, 1.54) is 0 Å². The molecular weight excluding hydrogens is 340 g/mol. The van der Waals surface area contributed by atoms with Gasteiger partial charge in [-0.3, -0.25) is 0 Å². The summed E-state index contributed by atoms with van der Waals surface area (Å²) in [6.07, 6.45) is 2.49. The molecule has 2 aromatic carbocycles.